The van der Waals surface area contributed by atoms with E-state index in [-0.39, 0.29) is 21.4 Å². The van der Waals surface area contributed by atoms with Gasteiger partial charge >= 0.3 is 5.12 Å². The van der Waals surface area contributed by atoms with Crippen LogP contribution in [0.3, 0.4) is 0 Å². The average molecular weight is 484 g/mol. The number of carbonyl (C=O) groups excluding carboxylic acids is 1. The highest BCUT2D eigenvalue weighted by atomic mass is 32.2. The summed E-state index contributed by atoms with van der Waals surface area (Å²) in [6, 6.07) is 11.4. The number of rotatable bonds is 6. The third-order valence-electron chi connectivity index (χ3n) is 4.49. The first kappa shape index (κ1) is 22.2. The maximum atomic E-state index is 13.2. The number of hydrogen-bond acceptors (Lipinski definition) is 9. The fraction of sp³-hybridized carbons (Fsp3) is 0. The number of anilines is 2. The molecule has 4 rings (SSSR count). The Kier molecular flexibility index (Phi) is 5.94. The van der Waals surface area contributed by atoms with Crippen molar-refractivity contribution in [3.63, 3.8) is 0 Å². The van der Waals surface area contributed by atoms with Crippen molar-refractivity contribution in [2.75, 3.05) is 5.32 Å². The summed E-state index contributed by atoms with van der Waals surface area (Å²) in [5.74, 6) is -0.383. The van der Waals surface area contributed by atoms with Crippen molar-refractivity contribution < 1.29 is 22.5 Å². The first-order chi connectivity index (χ1) is 15.8. The summed E-state index contributed by atoms with van der Waals surface area (Å²) < 4.78 is 38.5. The molecule has 0 bridgehead atoms. The highest BCUT2D eigenvalue weighted by Gasteiger charge is 2.30. The number of nitrogens with one attached hydrogen (secondary N) is 1. The molecule has 0 saturated heterocycles. The van der Waals surface area contributed by atoms with Crippen molar-refractivity contribution in [3.8, 4) is 10.4 Å². The molecule has 0 aliphatic rings. The van der Waals surface area contributed by atoms with Gasteiger partial charge in [0.25, 0.3) is 5.69 Å². The van der Waals surface area contributed by atoms with Crippen LogP contribution in [-0.2, 0) is 9.84 Å². The van der Waals surface area contributed by atoms with Gasteiger partial charge in [0.15, 0.2) is 5.01 Å². The number of pyridine rings is 1. The lowest BCUT2D eigenvalue weighted by Gasteiger charge is -2.10. The lowest BCUT2D eigenvalue weighted by molar-refractivity contribution is -0.384. The lowest BCUT2D eigenvalue weighted by atomic mass is 10.2. The molecule has 2 heterocycles. The van der Waals surface area contributed by atoms with Crippen molar-refractivity contribution >= 4 is 43.4 Å². The van der Waals surface area contributed by atoms with Gasteiger partial charge in [-0.15, -0.1) is 11.3 Å². The molecular weight excluding hydrogens is 471 g/mol. The molecular formula is C21H13FN4O5S2. The smallest absolute Gasteiger partial charge is 0.309 e. The number of thiazole rings is 1. The molecule has 0 fully saturated rings. The van der Waals surface area contributed by atoms with Crippen LogP contribution in [0.15, 0.2) is 78.1 Å². The monoisotopic (exact) mass is 484 g/mol. The first-order valence-electron chi connectivity index (χ1n) is 9.22. The number of nitro groups is 1. The van der Waals surface area contributed by atoms with Crippen molar-refractivity contribution in [1.82, 2.24) is 9.97 Å². The minimum absolute atomic E-state index is 0.257. The SMILES string of the molecule is O=C(c1ncc(-c2ccncc2Nc2ccc(F)cc2)s1)S(=O)(=O)c1ccc([N+](=O)[O-])cc1. The van der Waals surface area contributed by atoms with E-state index in [9.17, 15) is 27.7 Å². The van der Waals surface area contributed by atoms with Gasteiger partial charge in [-0.1, -0.05) is 0 Å². The van der Waals surface area contributed by atoms with E-state index >= 15 is 0 Å². The molecule has 9 nitrogen and oxygen atoms in total. The Morgan fingerprint density at radius 3 is 2.39 bits per heavy atom. The van der Waals surface area contributed by atoms with E-state index in [0.29, 0.717) is 21.8 Å². The zero-order valence-electron chi connectivity index (χ0n) is 16.5. The second kappa shape index (κ2) is 8.84. The molecule has 4 aromatic rings. The van der Waals surface area contributed by atoms with E-state index in [2.05, 4.69) is 15.3 Å². The summed E-state index contributed by atoms with van der Waals surface area (Å²) in [4.78, 5) is 31.0. The quantitative estimate of drug-likeness (QED) is 0.310. The number of nitrogens with zero attached hydrogens (tertiary/aromatic N) is 3. The molecule has 12 heteroatoms. The molecule has 0 spiro atoms. The van der Waals surface area contributed by atoms with E-state index < -0.39 is 19.9 Å². The molecule has 166 valence electrons. The molecule has 0 aliphatic carbocycles. The maximum Gasteiger partial charge on any atom is 0.309 e. The van der Waals surface area contributed by atoms with Crippen LogP contribution < -0.4 is 5.32 Å². The number of halogens is 1. The van der Waals surface area contributed by atoms with Crippen molar-refractivity contribution in [2.24, 2.45) is 0 Å². The zero-order chi connectivity index (χ0) is 23.6. The number of sulfone groups is 1. The highest BCUT2D eigenvalue weighted by molar-refractivity contribution is 8.07. The second-order valence-corrected chi connectivity index (χ2v) is 9.50. The van der Waals surface area contributed by atoms with Gasteiger partial charge in [-0.2, -0.15) is 0 Å². The number of nitro benzene ring substituents is 1. The Hall–Kier alpha value is -4.03. The number of hydrogen-bond donors (Lipinski definition) is 1. The fourth-order valence-electron chi connectivity index (χ4n) is 2.86. The van der Waals surface area contributed by atoms with Crippen LogP contribution in [0, 0.1) is 15.9 Å². The van der Waals surface area contributed by atoms with Gasteiger partial charge in [0.1, 0.15) is 5.82 Å². The Bertz CT molecular complexity index is 1450. The molecule has 0 unspecified atom stereocenters. The molecule has 0 aliphatic heterocycles. The van der Waals surface area contributed by atoms with Gasteiger partial charge in [0, 0.05) is 35.8 Å². The van der Waals surface area contributed by atoms with Crippen LogP contribution in [0.25, 0.3) is 10.4 Å². The molecule has 2 aromatic carbocycles. The number of carbonyl (C=O) groups is 1. The first-order valence-corrected chi connectivity index (χ1v) is 11.5. The minimum Gasteiger partial charge on any atom is -0.354 e. The fourth-order valence-corrected chi connectivity index (χ4v) is 5.10. The van der Waals surface area contributed by atoms with Crippen LogP contribution in [0.5, 0.6) is 0 Å². The summed E-state index contributed by atoms with van der Waals surface area (Å²) in [7, 11) is -4.44. The van der Waals surface area contributed by atoms with Crippen molar-refractivity contribution in [3.05, 3.63) is 94.1 Å². The zero-order valence-corrected chi connectivity index (χ0v) is 18.1. The lowest BCUT2D eigenvalue weighted by Crippen LogP contribution is -2.15. The standard InChI is InChI=1S/C21H13FN4O5S2/c22-13-1-3-14(4-2-13)25-18-11-23-10-9-17(18)19-12-24-20(32-19)21(27)33(30,31)16-7-5-15(6-8-16)26(28)29/h1-12,25H. The normalized spacial score (nSPS) is 11.2. The van der Waals surface area contributed by atoms with Crippen LogP contribution in [0.2, 0.25) is 0 Å². The van der Waals surface area contributed by atoms with Crippen LogP contribution >= 0.6 is 11.3 Å². The Balaban J connectivity index is 1.62. The molecule has 0 amide bonds. The van der Waals surface area contributed by atoms with Gasteiger partial charge in [-0.25, -0.2) is 17.8 Å². The van der Waals surface area contributed by atoms with Gasteiger partial charge in [-0.3, -0.25) is 19.9 Å². The number of benzene rings is 2. The van der Waals surface area contributed by atoms with Gasteiger partial charge in [0.05, 0.1) is 26.6 Å². The third kappa shape index (κ3) is 4.61. The van der Waals surface area contributed by atoms with E-state index in [4.69, 9.17) is 0 Å². The number of non-ortho nitro benzene ring substituents is 1. The summed E-state index contributed by atoms with van der Waals surface area (Å²) in [6.07, 6.45) is 4.43. The van der Waals surface area contributed by atoms with E-state index in [1.165, 1.54) is 30.7 Å². The van der Waals surface area contributed by atoms with E-state index in [0.717, 1.165) is 35.6 Å². The van der Waals surface area contributed by atoms with Crippen molar-refractivity contribution in [2.45, 2.75) is 4.90 Å². The van der Waals surface area contributed by atoms with E-state index in [1.54, 1.807) is 18.2 Å². The molecule has 2 aromatic heterocycles. The largest absolute Gasteiger partial charge is 0.354 e. The predicted octanol–water partition coefficient (Wildman–Crippen LogP) is 4.61. The van der Waals surface area contributed by atoms with E-state index in [1.807, 2.05) is 0 Å². The Morgan fingerprint density at radius 1 is 1.03 bits per heavy atom. The third-order valence-corrected chi connectivity index (χ3v) is 7.22. The highest BCUT2D eigenvalue weighted by Crippen LogP contribution is 2.34. The molecule has 0 saturated carbocycles. The van der Waals surface area contributed by atoms with Gasteiger partial charge in [-0.05, 0) is 42.5 Å². The summed E-state index contributed by atoms with van der Waals surface area (Å²) >= 11 is 0.875. The van der Waals surface area contributed by atoms with Crippen LogP contribution in [0.1, 0.15) is 9.80 Å². The Morgan fingerprint density at radius 2 is 1.73 bits per heavy atom. The summed E-state index contributed by atoms with van der Waals surface area (Å²) in [5, 5.41) is 12.4. The maximum absolute atomic E-state index is 13.2. The summed E-state index contributed by atoms with van der Waals surface area (Å²) in [6.45, 7) is 0. The summed E-state index contributed by atoms with van der Waals surface area (Å²) in [5.41, 5.74) is 1.47. The molecule has 0 radical (unpaired) electrons. The van der Waals surface area contributed by atoms with Crippen LogP contribution in [0.4, 0.5) is 21.5 Å². The number of aromatic nitrogens is 2. The predicted molar refractivity (Wildman–Crippen MR) is 120 cm³/mol. The molecule has 33 heavy (non-hydrogen) atoms. The van der Waals surface area contributed by atoms with Crippen molar-refractivity contribution in [1.29, 1.82) is 0 Å². The molecule has 0 atom stereocenters. The topological polar surface area (TPSA) is 132 Å². The van der Waals surface area contributed by atoms with Gasteiger partial charge in [0.2, 0.25) is 9.84 Å². The van der Waals surface area contributed by atoms with Gasteiger partial charge < -0.3 is 5.32 Å². The minimum atomic E-state index is -4.44. The second-order valence-electron chi connectivity index (χ2n) is 6.62. The van der Waals surface area contributed by atoms with Crippen LogP contribution in [-0.4, -0.2) is 28.4 Å². The average Bonchev–Trinajstić information content (AvgIpc) is 3.30. The Labute approximate surface area is 190 Å². The molecule has 1 N–H and O–H groups in total.